The van der Waals surface area contributed by atoms with E-state index in [4.69, 9.17) is 4.74 Å². The molecule has 0 N–H and O–H groups in total. The molecule has 164 valence electrons. The molecule has 3 aromatic rings. The van der Waals surface area contributed by atoms with Crippen LogP contribution in [0.2, 0.25) is 0 Å². The standard InChI is InChI=1S/C24H24N4O4/c29-22-12-11-21(25-28(22)17-18-32-20-9-5-2-6-10-20)24(31)27-15-13-26(14-16-27)23(30)19-7-3-1-4-8-19/h1-12H,13-18H2. The summed E-state index contributed by atoms with van der Waals surface area (Å²) in [6.07, 6.45) is 0. The van der Waals surface area contributed by atoms with Crippen molar-refractivity contribution in [2.45, 2.75) is 6.54 Å². The lowest BCUT2D eigenvalue weighted by molar-refractivity contribution is 0.0530. The third-order valence-corrected chi connectivity index (χ3v) is 5.28. The van der Waals surface area contributed by atoms with Gasteiger partial charge >= 0.3 is 0 Å². The summed E-state index contributed by atoms with van der Waals surface area (Å²) in [6.45, 7) is 2.21. The number of hydrogen-bond acceptors (Lipinski definition) is 5. The summed E-state index contributed by atoms with van der Waals surface area (Å²) in [5.74, 6) is 0.410. The lowest BCUT2D eigenvalue weighted by atomic mass is 10.2. The zero-order valence-corrected chi connectivity index (χ0v) is 17.6. The van der Waals surface area contributed by atoms with Crippen LogP contribution in [-0.4, -0.2) is 64.2 Å². The molecule has 2 aromatic carbocycles. The van der Waals surface area contributed by atoms with Crippen molar-refractivity contribution in [2.24, 2.45) is 0 Å². The Morgan fingerprint density at radius 3 is 2.03 bits per heavy atom. The van der Waals surface area contributed by atoms with Gasteiger partial charge in [-0.3, -0.25) is 14.4 Å². The van der Waals surface area contributed by atoms with Crippen molar-refractivity contribution in [1.82, 2.24) is 19.6 Å². The predicted octanol–water partition coefficient (Wildman–Crippen LogP) is 1.92. The van der Waals surface area contributed by atoms with Gasteiger partial charge in [0, 0.05) is 37.8 Å². The topological polar surface area (TPSA) is 84.7 Å². The summed E-state index contributed by atoms with van der Waals surface area (Å²) in [7, 11) is 0. The lowest BCUT2D eigenvalue weighted by Crippen LogP contribution is -2.51. The van der Waals surface area contributed by atoms with Crippen molar-refractivity contribution in [3.63, 3.8) is 0 Å². The second-order valence-electron chi connectivity index (χ2n) is 7.39. The molecule has 0 radical (unpaired) electrons. The first-order valence-electron chi connectivity index (χ1n) is 10.5. The van der Waals surface area contributed by atoms with Crippen LogP contribution in [-0.2, 0) is 6.54 Å². The first-order chi connectivity index (χ1) is 15.6. The van der Waals surface area contributed by atoms with E-state index in [0.717, 1.165) is 0 Å². The SMILES string of the molecule is O=C(c1ccccc1)N1CCN(C(=O)c2ccc(=O)n(CCOc3ccccc3)n2)CC1. The summed E-state index contributed by atoms with van der Waals surface area (Å²) in [6, 6.07) is 21.2. The van der Waals surface area contributed by atoms with Crippen LogP contribution in [0.1, 0.15) is 20.8 Å². The molecule has 0 atom stereocenters. The Kier molecular flexibility index (Phi) is 6.60. The molecule has 4 rings (SSSR count). The summed E-state index contributed by atoms with van der Waals surface area (Å²) in [5.41, 5.74) is 0.544. The van der Waals surface area contributed by atoms with Gasteiger partial charge in [-0.25, -0.2) is 4.68 Å². The molecule has 8 nitrogen and oxygen atoms in total. The maximum absolute atomic E-state index is 12.9. The van der Waals surface area contributed by atoms with E-state index < -0.39 is 0 Å². The molecule has 0 spiro atoms. The maximum Gasteiger partial charge on any atom is 0.274 e. The number of hydrogen-bond donors (Lipinski definition) is 0. The minimum Gasteiger partial charge on any atom is -0.492 e. The number of benzene rings is 2. The van der Waals surface area contributed by atoms with Gasteiger partial charge in [0.2, 0.25) is 0 Å². The molecule has 1 aliphatic rings. The van der Waals surface area contributed by atoms with Crippen LogP contribution in [0.3, 0.4) is 0 Å². The Hall–Kier alpha value is -3.94. The summed E-state index contributed by atoms with van der Waals surface area (Å²) in [4.78, 5) is 41.1. The molecule has 8 heteroatoms. The molecule has 1 saturated heterocycles. The molecular weight excluding hydrogens is 408 g/mol. The number of ether oxygens (including phenoxy) is 1. The zero-order chi connectivity index (χ0) is 22.3. The van der Waals surface area contributed by atoms with Crippen LogP contribution in [0, 0.1) is 0 Å². The number of rotatable bonds is 6. The van der Waals surface area contributed by atoms with Gasteiger partial charge in [0.05, 0.1) is 6.54 Å². The van der Waals surface area contributed by atoms with Crippen molar-refractivity contribution < 1.29 is 14.3 Å². The fraction of sp³-hybridized carbons (Fsp3) is 0.250. The molecule has 0 saturated carbocycles. The number of piperazine rings is 1. The summed E-state index contributed by atoms with van der Waals surface area (Å²) < 4.78 is 6.86. The van der Waals surface area contributed by atoms with Crippen LogP contribution < -0.4 is 10.3 Å². The van der Waals surface area contributed by atoms with E-state index >= 15 is 0 Å². The van der Waals surface area contributed by atoms with E-state index in [9.17, 15) is 14.4 Å². The van der Waals surface area contributed by atoms with Crippen LogP contribution in [0.15, 0.2) is 77.6 Å². The Bertz CT molecular complexity index is 1120. The molecular formula is C24H24N4O4. The molecule has 1 fully saturated rings. The number of carbonyl (C=O) groups excluding carboxylic acids is 2. The highest BCUT2D eigenvalue weighted by atomic mass is 16.5. The van der Waals surface area contributed by atoms with Gasteiger partial charge in [0.25, 0.3) is 17.4 Å². The highest BCUT2D eigenvalue weighted by molar-refractivity contribution is 5.95. The van der Waals surface area contributed by atoms with E-state index in [0.29, 0.717) is 37.5 Å². The van der Waals surface area contributed by atoms with Crippen molar-refractivity contribution in [3.05, 3.63) is 94.4 Å². The highest BCUT2D eigenvalue weighted by Crippen LogP contribution is 2.11. The molecule has 1 aliphatic heterocycles. The number of para-hydroxylation sites is 1. The normalized spacial score (nSPS) is 13.6. The molecule has 0 aliphatic carbocycles. The average Bonchev–Trinajstić information content (AvgIpc) is 2.85. The molecule has 2 amide bonds. The van der Waals surface area contributed by atoms with Gasteiger partial charge < -0.3 is 14.5 Å². The largest absolute Gasteiger partial charge is 0.492 e. The van der Waals surface area contributed by atoms with E-state index in [-0.39, 0.29) is 36.2 Å². The first-order valence-corrected chi connectivity index (χ1v) is 10.5. The fourth-order valence-electron chi connectivity index (χ4n) is 3.53. The van der Waals surface area contributed by atoms with Gasteiger partial charge in [-0.1, -0.05) is 36.4 Å². The second kappa shape index (κ2) is 9.91. The minimum absolute atomic E-state index is 0.0391. The minimum atomic E-state index is -0.295. The quantitative estimate of drug-likeness (QED) is 0.594. The smallest absolute Gasteiger partial charge is 0.274 e. The fourth-order valence-corrected chi connectivity index (χ4v) is 3.53. The second-order valence-corrected chi connectivity index (χ2v) is 7.39. The number of aromatic nitrogens is 2. The van der Waals surface area contributed by atoms with Gasteiger partial charge in [0.15, 0.2) is 0 Å². The maximum atomic E-state index is 12.9. The predicted molar refractivity (Wildman–Crippen MR) is 119 cm³/mol. The molecule has 1 aromatic heterocycles. The number of nitrogens with zero attached hydrogens (tertiary/aromatic N) is 4. The summed E-state index contributed by atoms with van der Waals surface area (Å²) in [5, 5.41) is 4.23. The van der Waals surface area contributed by atoms with Crippen molar-refractivity contribution in [1.29, 1.82) is 0 Å². The zero-order valence-electron chi connectivity index (χ0n) is 17.6. The van der Waals surface area contributed by atoms with Crippen molar-refractivity contribution in [2.75, 3.05) is 32.8 Å². The number of carbonyl (C=O) groups is 2. The van der Waals surface area contributed by atoms with Crippen LogP contribution in [0.25, 0.3) is 0 Å². The Balaban J connectivity index is 1.35. The van der Waals surface area contributed by atoms with Gasteiger partial charge in [0.1, 0.15) is 18.1 Å². The lowest BCUT2D eigenvalue weighted by Gasteiger charge is -2.34. The first kappa shape index (κ1) is 21.3. The van der Waals surface area contributed by atoms with Gasteiger partial charge in [-0.15, -0.1) is 0 Å². The third kappa shape index (κ3) is 5.03. The van der Waals surface area contributed by atoms with Crippen molar-refractivity contribution >= 4 is 11.8 Å². The van der Waals surface area contributed by atoms with Gasteiger partial charge in [-0.05, 0) is 30.3 Å². The van der Waals surface area contributed by atoms with E-state index in [2.05, 4.69) is 5.10 Å². The Morgan fingerprint density at radius 2 is 1.38 bits per heavy atom. The average molecular weight is 432 g/mol. The molecule has 2 heterocycles. The van der Waals surface area contributed by atoms with E-state index in [1.165, 1.54) is 16.8 Å². The van der Waals surface area contributed by atoms with Crippen LogP contribution in [0.5, 0.6) is 5.75 Å². The van der Waals surface area contributed by atoms with E-state index in [1.807, 2.05) is 48.5 Å². The number of amides is 2. The van der Waals surface area contributed by atoms with Crippen LogP contribution in [0.4, 0.5) is 0 Å². The monoisotopic (exact) mass is 432 g/mol. The Labute approximate surface area is 185 Å². The van der Waals surface area contributed by atoms with Crippen molar-refractivity contribution in [3.8, 4) is 5.75 Å². The molecule has 0 unspecified atom stereocenters. The molecule has 0 bridgehead atoms. The Morgan fingerprint density at radius 1 is 0.781 bits per heavy atom. The summed E-state index contributed by atoms with van der Waals surface area (Å²) >= 11 is 0. The van der Waals surface area contributed by atoms with Crippen LogP contribution >= 0.6 is 0 Å². The molecule has 32 heavy (non-hydrogen) atoms. The highest BCUT2D eigenvalue weighted by Gasteiger charge is 2.26. The van der Waals surface area contributed by atoms with E-state index in [1.54, 1.807) is 21.9 Å². The van der Waals surface area contributed by atoms with Gasteiger partial charge in [-0.2, -0.15) is 5.10 Å². The third-order valence-electron chi connectivity index (χ3n) is 5.28.